The van der Waals surface area contributed by atoms with E-state index in [1.54, 1.807) is 18.2 Å². The van der Waals surface area contributed by atoms with Gasteiger partial charge in [-0.15, -0.1) is 22.7 Å². The Labute approximate surface area is 248 Å². The zero-order valence-corrected chi connectivity index (χ0v) is 24.5. The number of para-hydroxylation sites is 1. The number of fused-ring (bicyclic) bond motifs is 2. The van der Waals surface area contributed by atoms with Gasteiger partial charge < -0.3 is 15.4 Å². The number of halogens is 3. The minimum atomic E-state index is -4.57. The van der Waals surface area contributed by atoms with Crippen LogP contribution in [0.2, 0.25) is 0 Å². The number of nitrogens with one attached hydrogen (secondary N) is 2. The molecular formula is C27H21F3N4O3S4. The number of ether oxygens (including phenoxy) is 1. The predicted octanol–water partition coefficient (Wildman–Crippen LogP) is 7.79. The number of carbonyl (C=O) groups is 2. The second-order valence-corrected chi connectivity index (χ2v) is 12.9. The SMILES string of the molecule is CCOc1ccc2nc(SCC(=O)Nc3ccc4nc(SCC(=O)Nc5ccccc5C(F)(F)F)sc4c3)sc2c1. The number of hydrogen-bond acceptors (Lipinski definition) is 9. The van der Waals surface area contributed by atoms with Crippen LogP contribution in [0.25, 0.3) is 20.4 Å². The number of rotatable bonds is 10. The molecule has 2 amide bonds. The van der Waals surface area contributed by atoms with Crippen molar-refractivity contribution >= 4 is 89.8 Å². The molecule has 0 aliphatic heterocycles. The zero-order chi connectivity index (χ0) is 29.0. The summed E-state index contributed by atoms with van der Waals surface area (Å²) in [6.07, 6.45) is -4.57. The van der Waals surface area contributed by atoms with Crippen LogP contribution in [-0.2, 0) is 15.8 Å². The van der Waals surface area contributed by atoms with Crippen molar-refractivity contribution in [1.29, 1.82) is 0 Å². The van der Waals surface area contributed by atoms with E-state index in [-0.39, 0.29) is 23.1 Å². The Kier molecular flexibility index (Phi) is 9.02. The van der Waals surface area contributed by atoms with E-state index in [9.17, 15) is 22.8 Å². The summed E-state index contributed by atoms with van der Waals surface area (Å²) in [4.78, 5) is 34.0. The molecule has 0 saturated heterocycles. The van der Waals surface area contributed by atoms with Crippen LogP contribution < -0.4 is 15.4 Å². The third-order valence-corrected chi connectivity index (χ3v) is 9.79. The van der Waals surface area contributed by atoms with Crippen LogP contribution in [0.4, 0.5) is 24.5 Å². The number of amides is 2. The number of aromatic nitrogens is 2. The first-order valence-electron chi connectivity index (χ1n) is 12.1. The van der Waals surface area contributed by atoms with Crippen molar-refractivity contribution in [3.8, 4) is 5.75 Å². The smallest absolute Gasteiger partial charge is 0.418 e. The van der Waals surface area contributed by atoms with E-state index in [4.69, 9.17) is 4.74 Å². The van der Waals surface area contributed by atoms with Crippen LogP contribution in [0.15, 0.2) is 69.3 Å². The molecule has 2 aromatic heterocycles. The highest BCUT2D eigenvalue weighted by molar-refractivity contribution is 8.02. The summed E-state index contributed by atoms with van der Waals surface area (Å²) < 4.78 is 48.2. The van der Waals surface area contributed by atoms with Crippen LogP contribution in [0.1, 0.15) is 12.5 Å². The van der Waals surface area contributed by atoms with Gasteiger partial charge in [-0.1, -0.05) is 35.7 Å². The van der Waals surface area contributed by atoms with Crippen molar-refractivity contribution in [3.63, 3.8) is 0 Å². The van der Waals surface area contributed by atoms with E-state index in [1.165, 1.54) is 52.6 Å². The lowest BCUT2D eigenvalue weighted by atomic mass is 10.1. The van der Waals surface area contributed by atoms with E-state index in [0.29, 0.717) is 22.2 Å². The van der Waals surface area contributed by atoms with Crippen molar-refractivity contribution in [2.45, 2.75) is 21.8 Å². The quantitative estimate of drug-likeness (QED) is 0.152. The van der Waals surface area contributed by atoms with Crippen LogP contribution in [0.3, 0.4) is 0 Å². The number of thiazole rings is 2. The van der Waals surface area contributed by atoms with Crippen molar-refractivity contribution in [2.24, 2.45) is 0 Å². The second kappa shape index (κ2) is 12.7. The average Bonchev–Trinajstić information content (AvgIpc) is 3.53. The highest BCUT2D eigenvalue weighted by Crippen LogP contribution is 2.36. The Morgan fingerprint density at radius 3 is 2.12 bits per heavy atom. The first-order valence-corrected chi connectivity index (χ1v) is 15.7. The molecular weight excluding hydrogens is 614 g/mol. The lowest BCUT2D eigenvalue weighted by Crippen LogP contribution is -2.18. The molecule has 14 heteroatoms. The molecule has 0 spiro atoms. The van der Waals surface area contributed by atoms with E-state index in [1.807, 2.05) is 25.1 Å². The number of thioether (sulfide) groups is 2. The van der Waals surface area contributed by atoms with Gasteiger partial charge in [-0.2, -0.15) is 13.2 Å². The van der Waals surface area contributed by atoms with Crippen molar-refractivity contribution in [2.75, 3.05) is 28.7 Å². The standard InChI is InChI=1S/C27H21F3N4O3S4/c1-2-37-16-8-10-20-22(12-16)41-26(34-20)38-13-23(35)31-15-7-9-19-21(11-15)40-25(33-19)39-14-24(36)32-18-6-4-3-5-17(18)27(28,29)30/h3-12H,2,13-14H2,1H3,(H,31,35)(H,32,36). The molecule has 0 aliphatic rings. The Morgan fingerprint density at radius 2 is 1.46 bits per heavy atom. The van der Waals surface area contributed by atoms with Crippen LogP contribution in [0.5, 0.6) is 5.75 Å². The molecule has 2 heterocycles. The molecule has 7 nitrogen and oxygen atoms in total. The van der Waals surface area contributed by atoms with Gasteiger partial charge in [-0.05, 0) is 55.5 Å². The summed E-state index contributed by atoms with van der Waals surface area (Å²) in [7, 11) is 0. The van der Waals surface area contributed by atoms with Crippen molar-refractivity contribution < 1.29 is 27.5 Å². The Morgan fingerprint density at radius 1 is 0.854 bits per heavy atom. The number of carbonyl (C=O) groups excluding carboxylic acids is 2. The maximum Gasteiger partial charge on any atom is 0.418 e. The second-order valence-electron chi connectivity index (χ2n) is 8.42. The Hall–Kier alpha value is -3.33. The van der Waals surface area contributed by atoms with Gasteiger partial charge in [-0.25, -0.2) is 9.97 Å². The molecule has 0 atom stereocenters. The predicted molar refractivity (Wildman–Crippen MR) is 161 cm³/mol. The minimum absolute atomic E-state index is 0.106. The molecule has 5 rings (SSSR count). The van der Waals surface area contributed by atoms with Gasteiger partial charge in [-0.3, -0.25) is 9.59 Å². The van der Waals surface area contributed by atoms with Gasteiger partial charge in [0.05, 0.1) is 49.8 Å². The number of benzene rings is 3. The van der Waals surface area contributed by atoms with Gasteiger partial charge in [0.25, 0.3) is 0 Å². The number of anilines is 2. The lowest BCUT2D eigenvalue weighted by molar-refractivity contribution is -0.137. The molecule has 0 bridgehead atoms. The molecule has 0 saturated carbocycles. The summed E-state index contributed by atoms with van der Waals surface area (Å²) in [6, 6.07) is 15.9. The number of alkyl halides is 3. The van der Waals surface area contributed by atoms with E-state index in [0.717, 1.165) is 42.8 Å². The van der Waals surface area contributed by atoms with Crippen LogP contribution in [-0.4, -0.2) is 39.9 Å². The molecule has 5 aromatic rings. The van der Waals surface area contributed by atoms with E-state index < -0.39 is 17.6 Å². The molecule has 2 N–H and O–H groups in total. The third kappa shape index (κ3) is 7.50. The van der Waals surface area contributed by atoms with Gasteiger partial charge in [0.15, 0.2) is 8.68 Å². The fourth-order valence-electron chi connectivity index (χ4n) is 3.72. The van der Waals surface area contributed by atoms with Gasteiger partial charge in [0.2, 0.25) is 11.8 Å². The fourth-order valence-corrected chi connectivity index (χ4v) is 7.53. The molecule has 0 fully saturated rings. The number of hydrogen-bond donors (Lipinski definition) is 2. The highest BCUT2D eigenvalue weighted by atomic mass is 32.2. The molecule has 0 radical (unpaired) electrons. The largest absolute Gasteiger partial charge is 0.494 e. The monoisotopic (exact) mass is 634 g/mol. The third-order valence-electron chi connectivity index (χ3n) is 5.46. The lowest BCUT2D eigenvalue weighted by Gasteiger charge is -2.13. The maximum atomic E-state index is 13.2. The molecule has 3 aromatic carbocycles. The van der Waals surface area contributed by atoms with E-state index >= 15 is 0 Å². The minimum Gasteiger partial charge on any atom is -0.494 e. The molecule has 41 heavy (non-hydrogen) atoms. The number of nitrogens with zero attached hydrogens (tertiary/aromatic N) is 2. The van der Waals surface area contributed by atoms with Crippen LogP contribution >= 0.6 is 46.2 Å². The van der Waals surface area contributed by atoms with Gasteiger partial charge in [0, 0.05) is 5.69 Å². The Balaban J connectivity index is 1.15. The average molecular weight is 635 g/mol. The zero-order valence-electron chi connectivity index (χ0n) is 21.3. The topological polar surface area (TPSA) is 93.2 Å². The summed E-state index contributed by atoms with van der Waals surface area (Å²) in [5.74, 6) is 0.115. The summed E-state index contributed by atoms with van der Waals surface area (Å²) in [5, 5.41) is 5.21. The van der Waals surface area contributed by atoms with Crippen LogP contribution in [0, 0.1) is 0 Å². The van der Waals surface area contributed by atoms with E-state index in [2.05, 4.69) is 20.6 Å². The fraction of sp³-hybridized carbons (Fsp3) is 0.185. The molecule has 0 unspecified atom stereocenters. The first kappa shape index (κ1) is 29.2. The van der Waals surface area contributed by atoms with Crippen molar-refractivity contribution in [1.82, 2.24) is 9.97 Å². The molecule has 212 valence electrons. The van der Waals surface area contributed by atoms with Crippen molar-refractivity contribution in [3.05, 3.63) is 66.2 Å². The summed E-state index contributed by atoms with van der Waals surface area (Å²) in [6.45, 7) is 2.51. The summed E-state index contributed by atoms with van der Waals surface area (Å²) in [5.41, 5.74) is 0.966. The first-order chi connectivity index (χ1) is 19.7. The van der Waals surface area contributed by atoms with Gasteiger partial charge in [0.1, 0.15) is 5.75 Å². The Bertz CT molecular complexity index is 1720. The normalized spacial score (nSPS) is 11.6. The summed E-state index contributed by atoms with van der Waals surface area (Å²) >= 11 is 5.31. The molecule has 0 aliphatic carbocycles. The van der Waals surface area contributed by atoms with Gasteiger partial charge >= 0.3 is 6.18 Å². The highest BCUT2D eigenvalue weighted by Gasteiger charge is 2.33. The maximum absolute atomic E-state index is 13.2.